The average molecular weight is 302 g/mol. The van der Waals surface area contributed by atoms with E-state index in [-0.39, 0.29) is 11.4 Å². The van der Waals surface area contributed by atoms with Crippen LogP contribution in [0, 0.1) is 25.2 Å². The molecule has 0 amide bonds. The average Bonchev–Trinajstić information content (AvgIpc) is 2.45. The number of nitrogens with one attached hydrogen (secondary N) is 1. The first-order chi connectivity index (χ1) is 9.92. The molecular weight excluding hydrogens is 288 g/mol. The molecule has 0 bridgehead atoms. The molecule has 1 heterocycles. The molecule has 1 aromatic carbocycles. The molecule has 108 valence electrons. The van der Waals surface area contributed by atoms with Crippen LogP contribution in [0.15, 0.2) is 35.4 Å². The van der Waals surface area contributed by atoms with Crippen LogP contribution in [-0.4, -0.2) is 18.4 Å². The van der Waals surface area contributed by atoms with E-state index in [0.717, 1.165) is 0 Å². The fourth-order valence-electron chi connectivity index (χ4n) is 1.78. The third kappa shape index (κ3) is 3.62. The van der Waals surface area contributed by atoms with E-state index >= 15 is 0 Å². The van der Waals surface area contributed by atoms with E-state index < -0.39 is 10.0 Å². The Morgan fingerprint density at radius 1 is 1.29 bits per heavy atom. The van der Waals surface area contributed by atoms with E-state index in [2.05, 4.69) is 14.7 Å². The van der Waals surface area contributed by atoms with Gasteiger partial charge in [-0.25, -0.2) is 23.1 Å². The van der Waals surface area contributed by atoms with Gasteiger partial charge in [-0.2, -0.15) is 5.26 Å². The van der Waals surface area contributed by atoms with Crippen molar-refractivity contribution in [1.29, 1.82) is 5.26 Å². The van der Waals surface area contributed by atoms with Crippen LogP contribution in [0.4, 0.5) is 0 Å². The summed E-state index contributed by atoms with van der Waals surface area (Å²) in [6.45, 7) is 3.53. The SMILES string of the molecule is Cc1nccc(CNS(=O)(=O)c2ccc(C#N)c(C)c2)n1. The second-order valence-electron chi connectivity index (χ2n) is 4.51. The lowest BCUT2D eigenvalue weighted by Crippen LogP contribution is -2.24. The second-order valence-corrected chi connectivity index (χ2v) is 6.28. The Labute approximate surface area is 123 Å². The van der Waals surface area contributed by atoms with Gasteiger partial charge in [-0.05, 0) is 43.7 Å². The lowest BCUT2D eigenvalue weighted by molar-refractivity contribution is 0.580. The number of hydrogen-bond acceptors (Lipinski definition) is 5. The van der Waals surface area contributed by atoms with Gasteiger partial charge in [-0.15, -0.1) is 0 Å². The first kappa shape index (κ1) is 15.1. The van der Waals surface area contributed by atoms with E-state index in [1.165, 1.54) is 18.2 Å². The number of aromatic nitrogens is 2. The van der Waals surface area contributed by atoms with Crippen molar-refractivity contribution in [3.8, 4) is 6.07 Å². The summed E-state index contributed by atoms with van der Waals surface area (Å²) in [5.41, 5.74) is 1.68. The molecule has 2 aromatic rings. The number of aryl methyl sites for hydroxylation is 2. The molecule has 1 aromatic heterocycles. The first-order valence-electron chi connectivity index (χ1n) is 6.21. The lowest BCUT2D eigenvalue weighted by atomic mass is 10.1. The molecule has 0 saturated carbocycles. The monoisotopic (exact) mass is 302 g/mol. The quantitative estimate of drug-likeness (QED) is 0.922. The number of nitrogens with zero attached hydrogens (tertiary/aromatic N) is 3. The Hall–Kier alpha value is -2.30. The molecule has 1 N–H and O–H groups in total. The van der Waals surface area contributed by atoms with Crippen molar-refractivity contribution in [3.63, 3.8) is 0 Å². The molecule has 0 aliphatic carbocycles. The van der Waals surface area contributed by atoms with Gasteiger partial charge in [0.05, 0.1) is 28.8 Å². The van der Waals surface area contributed by atoms with E-state index in [4.69, 9.17) is 5.26 Å². The number of nitriles is 1. The van der Waals surface area contributed by atoms with Gasteiger partial charge in [0.15, 0.2) is 0 Å². The van der Waals surface area contributed by atoms with Gasteiger partial charge >= 0.3 is 0 Å². The molecule has 6 nitrogen and oxygen atoms in total. The van der Waals surface area contributed by atoms with Gasteiger partial charge in [0.2, 0.25) is 10.0 Å². The van der Waals surface area contributed by atoms with Crippen molar-refractivity contribution >= 4 is 10.0 Å². The second kappa shape index (κ2) is 5.99. The topological polar surface area (TPSA) is 95.7 Å². The van der Waals surface area contributed by atoms with Crippen LogP contribution in [0.3, 0.4) is 0 Å². The van der Waals surface area contributed by atoms with Crippen molar-refractivity contribution in [1.82, 2.24) is 14.7 Å². The van der Waals surface area contributed by atoms with Crippen LogP contribution in [0.5, 0.6) is 0 Å². The number of hydrogen-bond donors (Lipinski definition) is 1. The molecule has 0 atom stereocenters. The fourth-order valence-corrected chi connectivity index (χ4v) is 2.87. The summed E-state index contributed by atoms with van der Waals surface area (Å²) in [6.07, 6.45) is 1.58. The Morgan fingerprint density at radius 3 is 2.67 bits per heavy atom. The van der Waals surface area contributed by atoms with E-state index in [9.17, 15) is 8.42 Å². The first-order valence-corrected chi connectivity index (χ1v) is 7.69. The van der Waals surface area contributed by atoms with Gasteiger partial charge in [0.1, 0.15) is 5.82 Å². The van der Waals surface area contributed by atoms with Crippen LogP contribution in [0.1, 0.15) is 22.6 Å². The van der Waals surface area contributed by atoms with Gasteiger partial charge < -0.3 is 0 Å². The maximum atomic E-state index is 12.2. The number of benzene rings is 1. The summed E-state index contributed by atoms with van der Waals surface area (Å²) in [6, 6.07) is 8.05. The summed E-state index contributed by atoms with van der Waals surface area (Å²) in [5.74, 6) is 0.584. The van der Waals surface area contributed by atoms with Gasteiger partial charge in [-0.3, -0.25) is 0 Å². The Kier molecular flexibility index (Phi) is 4.31. The van der Waals surface area contributed by atoms with Crippen molar-refractivity contribution in [3.05, 3.63) is 53.1 Å². The molecule has 0 spiro atoms. The van der Waals surface area contributed by atoms with Crippen LogP contribution < -0.4 is 4.72 Å². The smallest absolute Gasteiger partial charge is 0.240 e. The zero-order valence-corrected chi connectivity index (χ0v) is 12.5. The molecule has 0 fully saturated rings. The maximum absolute atomic E-state index is 12.2. The fraction of sp³-hybridized carbons (Fsp3) is 0.214. The number of rotatable bonds is 4. The molecule has 7 heteroatoms. The van der Waals surface area contributed by atoms with Crippen molar-refractivity contribution in [2.75, 3.05) is 0 Å². The molecule has 0 aliphatic rings. The van der Waals surface area contributed by atoms with Crippen molar-refractivity contribution in [2.45, 2.75) is 25.3 Å². The summed E-state index contributed by atoms with van der Waals surface area (Å²) >= 11 is 0. The normalized spacial score (nSPS) is 11.1. The van der Waals surface area contributed by atoms with E-state index in [0.29, 0.717) is 22.6 Å². The van der Waals surface area contributed by atoms with Crippen LogP contribution in [0.25, 0.3) is 0 Å². The Bertz CT molecular complexity index is 810. The van der Waals surface area contributed by atoms with Crippen LogP contribution in [-0.2, 0) is 16.6 Å². The molecule has 0 unspecified atom stereocenters. The third-order valence-corrected chi connectivity index (χ3v) is 4.30. The van der Waals surface area contributed by atoms with Crippen molar-refractivity contribution < 1.29 is 8.42 Å². The summed E-state index contributed by atoms with van der Waals surface area (Å²) in [4.78, 5) is 8.22. The summed E-state index contributed by atoms with van der Waals surface area (Å²) in [7, 11) is -3.64. The maximum Gasteiger partial charge on any atom is 0.240 e. The largest absolute Gasteiger partial charge is 0.242 e. The zero-order chi connectivity index (χ0) is 15.5. The molecule has 0 saturated heterocycles. The van der Waals surface area contributed by atoms with E-state index in [1.807, 2.05) is 6.07 Å². The molecule has 21 heavy (non-hydrogen) atoms. The number of sulfonamides is 1. The molecular formula is C14H14N4O2S. The zero-order valence-electron chi connectivity index (χ0n) is 11.7. The van der Waals surface area contributed by atoms with Crippen molar-refractivity contribution in [2.24, 2.45) is 0 Å². The minimum Gasteiger partial charge on any atom is -0.242 e. The standard InChI is InChI=1S/C14H14N4O2S/c1-10-7-14(4-3-12(10)8-15)21(19,20)17-9-13-5-6-16-11(2)18-13/h3-7,17H,9H2,1-2H3. The predicted octanol–water partition coefficient (Wildman–Crippen LogP) is 1.44. The highest BCUT2D eigenvalue weighted by Gasteiger charge is 2.15. The summed E-state index contributed by atoms with van der Waals surface area (Å²) in [5, 5.41) is 8.86. The van der Waals surface area contributed by atoms with Crippen LogP contribution in [0.2, 0.25) is 0 Å². The minimum atomic E-state index is -3.64. The van der Waals surface area contributed by atoms with Gasteiger partial charge in [0, 0.05) is 6.20 Å². The predicted molar refractivity (Wildman–Crippen MR) is 76.7 cm³/mol. The highest BCUT2D eigenvalue weighted by Crippen LogP contribution is 2.15. The van der Waals surface area contributed by atoms with Gasteiger partial charge in [-0.1, -0.05) is 0 Å². The highest BCUT2D eigenvalue weighted by molar-refractivity contribution is 7.89. The van der Waals surface area contributed by atoms with E-state index in [1.54, 1.807) is 26.1 Å². The highest BCUT2D eigenvalue weighted by atomic mass is 32.2. The molecule has 0 radical (unpaired) electrons. The molecule has 2 rings (SSSR count). The molecule has 0 aliphatic heterocycles. The Balaban J connectivity index is 2.19. The summed E-state index contributed by atoms with van der Waals surface area (Å²) < 4.78 is 26.9. The minimum absolute atomic E-state index is 0.0880. The Morgan fingerprint density at radius 2 is 2.05 bits per heavy atom. The van der Waals surface area contributed by atoms with Crippen LogP contribution >= 0.6 is 0 Å². The van der Waals surface area contributed by atoms with Gasteiger partial charge in [0.25, 0.3) is 0 Å². The lowest BCUT2D eigenvalue weighted by Gasteiger charge is -2.08. The third-order valence-electron chi connectivity index (χ3n) is 2.91.